The second-order valence-electron chi connectivity index (χ2n) is 9.59. The Bertz CT molecular complexity index is 1510. The van der Waals surface area contributed by atoms with Crippen molar-refractivity contribution in [2.24, 2.45) is 7.05 Å². The standard InChI is InChI=1S/C26H32N8OS/c1-6-18-14-34(22-12-24(35)31(5)23-15-32(11-10-27)30-25(22)23)19(7-2)13-33(18)16(3)20-8-9-21-26(29-20)36-17(4)28-21/h8-9,12,15-16,18-19H,6-7,11,13-14H2,1-5H3/t16-,18-,19+/m1/s1. The fourth-order valence-electron chi connectivity index (χ4n) is 5.41. The van der Waals surface area contributed by atoms with Crippen LogP contribution in [0.25, 0.3) is 21.4 Å². The Morgan fingerprint density at radius 2 is 1.97 bits per heavy atom. The molecule has 0 aliphatic carbocycles. The van der Waals surface area contributed by atoms with Crippen LogP contribution in [0.15, 0.2) is 29.2 Å². The number of anilines is 1. The van der Waals surface area contributed by atoms with E-state index in [0.717, 1.165) is 63.7 Å². The van der Waals surface area contributed by atoms with Crippen LogP contribution in [0.1, 0.15) is 50.4 Å². The van der Waals surface area contributed by atoms with E-state index in [0.29, 0.717) is 6.04 Å². The van der Waals surface area contributed by atoms with E-state index in [9.17, 15) is 4.79 Å². The van der Waals surface area contributed by atoms with Gasteiger partial charge in [-0.2, -0.15) is 10.4 Å². The van der Waals surface area contributed by atoms with E-state index < -0.39 is 0 Å². The Hall–Kier alpha value is -3.29. The lowest BCUT2D eigenvalue weighted by molar-refractivity contribution is 0.0993. The summed E-state index contributed by atoms with van der Waals surface area (Å²) in [7, 11) is 1.76. The van der Waals surface area contributed by atoms with Crippen LogP contribution in [0.3, 0.4) is 0 Å². The second-order valence-corrected chi connectivity index (χ2v) is 10.8. The van der Waals surface area contributed by atoms with E-state index >= 15 is 0 Å². The zero-order chi connectivity index (χ0) is 25.6. The molecule has 0 aromatic carbocycles. The molecule has 0 radical (unpaired) electrons. The number of nitrogens with zero attached hydrogens (tertiary/aromatic N) is 8. The van der Waals surface area contributed by atoms with Crippen molar-refractivity contribution in [1.82, 2.24) is 29.2 Å². The normalized spacial score (nSPS) is 19.7. The van der Waals surface area contributed by atoms with Crippen molar-refractivity contribution in [3.05, 3.63) is 45.5 Å². The minimum Gasteiger partial charge on any atom is -0.364 e. The van der Waals surface area contributed by atoms with Gasteiger partial charge in [-0.05, 0) is 38.8 Å². The first-order chi connectivity index (χ1) is 17.3. The molecule has 0 spiro atoms. The van der Waals surface area contributed by atoms with E-state index in [1.165, 1.54) is 0 Å². The number of aryl methyl sites for hydroxylation is 2. The number of rotatable bonds is 6. The predicted octanol–water partition coefficient (Wildman–Crippen LogP) is 4.01. The highest BCUT2D eigenvalue weighted by Gasteiger charge is 2.36. The fraction of sp³-hybridized carbons (Fsp3) is 0.500. The topological polar surface area (TPSA) is 95.9 Å². The van der Waals surface area contributed by atoms with Crippen LogP contribution in [0.2, 0.25) is 0 Å². The maximum absolute atomic E-state index is 12.9. The number of pyridine rings is 2. The molecular weight excluding hydrogens is 472 g/mol. The third-order valence-corrected chi connectivity index (χ3v) is 8.35. The van der Waals surface area contributed by atoms with Crippen molar-refractivity contribution in [3.8, 4) is 6.07 Å². The van der Waals surface area contributed by atoms with Gasteiger partial charge in [-0.15, -0.1) is 0 Å². The zero-order valence-electron chi connectivity index (χ0n) is 21.5. The lowest BCUT2D eigenvalue weighted by Gasteiger charge is -2.49. The molecule has 3 atom stereocenters. The highest BCUT2D eigenvalue weighted by atomic mass is 32.1. The zero-order valence-corrected chi connectivity index (χ0v) is 22.3. The van der Waals surface area contributed by atoms with Crippen molar-refractivity contribution in [2.45, 2.75) is 65.2 Å². The number of thiazole rings is 1. The number of aromatic nitrogens is 5. The van der Waals surface area contributed by atoms with Gasteiger partial charge in [0.05, 0.1) is 34.2 Å². The van der Waals surface area contributed by atoms with Crippen LogP contribution in [-0.2, 0) is 13.6 Å². The maximum atomic E-state index is 12.9. The first-order valence-corrected chi connectivity index (χ1v) is 13.4. The van der Waals surface area contributed by atoms with Crippen LogP contribution in [0.5, 0.6) is 0 Å². The minimum absolute atomic E-state index is 0.0648. The highest BCUT2D eigenvalue weighted by Crippen LogP contribution is 2.34. The first-order valence-electron chi connectivity index (χ1n) is 12.5. The summed E-state index contributed by atoms with van der Waals surface area (Å²) in [6.45, 7) is 10.5. The van der Waals surface area contributed by atoms with Crippen molar-refractivity contribution in [2.75, 3.05) is 18.0 Å². The Morgan fingerprint density at radius 3 is 2.69 bits per heavy atom. The predicted molar refractivity (Wildman–Crippen MR) is 143 cm³/mol. The molecule has 188 valence electrons. The van der Waals surface area contributed by atoms with E-state index in [2.05, 4.69) is 53.8 Å². The Morgan fingerprint density at radius 1 is 1.19 bits per heavy atom. The number of fused-ring (bicyclic) bond motifs is 2. The van der Waals surface area contributed by atoms with Crippen molar-refractivity contribution in [1.29, 1.82) is 5.26 Å². The van der Waals surface area contributed by atoms with Crippen LogP contribution >= 0.6 is 11.3 Å². The SMILES string of the molecule is CC[C@H]1CN([C@H](C)c2ccc3nc(C)sc3n2)[C@H](CC)CN1c1cc(=O)n(C)c2cn(CC#N)nc12. The molecule has 1 saturated heterocycles. The molecule has 0 amide bonds. The molecule has 9 nitrogen and oxygen atoms in total. The molecule has 5 heterocycles. The molecular formula is C26H32N8OS. The number of hydrogen-bond acceptors (Lipinski definition) is 8. The van der Waals surface area contributed by atoms with Gasteiger partial charge in [-0.25, -0.2) is 9.97 Å². The second kappa shape index (κ2) is 9.64. The molecule has 1 fully saturated rings. The van der Waals surface area contributed by atoms with E-state index in [4.69, 9.17) is 15.3 Å². The van der Waals surface area contributed by atoms with E-state index in [1.54, 1.807) is 39.9 Å². The number of hydrogen-bond donors (Lipinski definition) is 0. The molecule has 4 aromatic rings. The average molecular weight is 505 g/mol. The van der Waals surface area contributed by atoms with Crippen LogP contribution in [-0.4, -0.2) is 54.4 Å². The van der Waals surface area contributed by atoms with Gasteiger partial charge in [0.1, 0.15) is 22.4 Å². The molecule has 0 unspecified atom stereocenters. The van der Waals surface area contributed by atoms with Gasteiger partial charge in [0.25, 0.3) is 5.56 Å². The van der Waals surface area contributed by atoms with Gasteiger partial charge in [-0.1, -0.05) is 25.2 Å². The Kier molecular flexibility index (Phi) is 6.53. The largest absolute Gasteiger partial charge is 0.364 e. The summed E-state index contributed by atoms with van der Waals surface area (Å²) in [5.41, 5.74) is 4.35. The van der Waals surface area contributed by atoms with Gasteiger partial charge in [-0.3, -0.25) is 14.4 Å². The molecule has 0 saturated carbocycles. The summed E-state index contributed by atoms with van der Waals surface area (Å²) in [6, 6.07) is 8.73. The Balaban J connectivity index is 1.50. The molecule has 0 bridgehead atoms. The van der Waals surface area contributed by atoms with Crippen molar-refractivity contribution >= 4 is 38.4 Å². The molecule has 36 heavy (non-hydrogen) atoms. The summed E-state index contributed by atoms with van der Waals surface area (Å²) in [5.74, 6) is 0. The maximum Gasteiger partial charge on any atom is 0.252 e. The fourth-order valence-corrected chi connectivity index (χ4v) is 6.20. The van der Waals surface area contributed by atoms with Crippen molar-refractivity contribution in [3.63, 3.8) is 0 Å². The molecule has 1 aliphatic rings. The van der Waals surface area contributed by atoms with Crippen LogP contribution in [0.4, 0.5) is 5.69 Å². The highest BCUT2D eigenvalue weighted by molar-refractivity contribution is 7.18. The number of nitriles is 1. The van der Waals surface area contributed by atoms with E-state index in [1.807, 2.05) is 6.92 Å². The van der Waals surface area contributed by atoms with Crippen LogP contribution in [0, 0.1) is 18.3 Å². The quantitative estimate of drug-likeness (QED) is 0.391. The lowest BCUT2D eigenvalue weighted by atomic mass is 9.98. The molecule has 5 rings (SSSR count). The summed E-state index contributed by atoms with van der Waals surface area (Å²) in [5, 5.41) is 14.9. The van der Waals surface area contributed by atoms with Gasteiger partial charge >= 0.3 is 0 Å². The van der Waals surface area contributed by atoms with Gasteiger partial charge in [0.2, 0.25) is 0 Å². The third-order valence-electron chi connectivity index (χ3n) is 7.47. The smallest absolute Gasteiger partial charge is 0.252 e. The first kappa shape index (κ1) is 24.4. The lowest BCUT2D eigenvalue weighted by Crippen LogP contribution is -2.58. The van der Waals surface area contributed by atoms with Gasteiger partial charge in [0, 0.05) is 44.3 Å². The minimum atomic E-state index is -0.0648. The van der Waals surface area contributed by atoms with Crippen molar-refractivity contribution < 1.29 is 0 Å². The number of piperazine rings is 1. The molecule has 1 aliphatic heterocycles. The van der Waals surface area contributed by atoms with E-state index in [-0.39, 0.29) is 24.2 Å². The van der Waals surface area contributed by atoms with Gasteiger partial charge in [0.15, 0.2) is 0 Å². The van der Waals surface area contributed by atoms with Gasteiger partial charge < -0.3 is 9.47 Å². The summed E-state index contributed by atoms with van der Waals surface area (Å²) in [4.78, 5) is 28.3. The third kappa shape index (κ3) is 4.16. The average Bonchev–Trinajstić information content (AvgIpc) is 3.47. The monoisotopic (exact) mass is 504 g/mol. The molecule has 10 heteroatoms. The summed E-state index contributed by atoms with van der Waals surface area (Å²) < 4.78 is 3.23. The summed E-state index contributed by atoms with van der Waals surface area (Å²) in [6.07, 6.45) is 3.72. The molecule has 0 N–H and O–H groups in total. The molecule has 4 aromatic heterocycles. The Labute approximate surface area is 214 Å². The van der Waals surface area contributed by atoms with Crippen LogP contribution < -0.4 is 10.5 Å². The summed E-state index contributed by atoms with van der Waals surface area (Å²) >= 11 is 1.64.